The molecular weight excluding hydrogens is 274 g/mol. The fourth-order valence-corrected chi connectivity index (χ4v) is 2.56. The van der Waals surface area contributed by atoms with E-state index in [0.29, 0.717) is 11.7 Å². The summed E-state index contributed by atoms with van der Waals surface area (Å²) in [6, 6.07) is 7.85. The molecule has 6 nitrogen and oxygen atoms in total. The summed E-state index contributed by atoms with van der Waals surface area (Å²) in [6.07, 6.45) is 0. The normalized spacial score (nSPS) is 12.2. The largest absolute Gasteiger partial charge is 0.355 e. The van der Waals surface area contributed by atoms with Gasteiger partial charge in [-0.3, -0.25) is 4.79 Å². The van der Waals surface area contributed by atoms with Gasteiger partial charge in [-0.05, 0) is 42.8 Å². The van der Waals surface area contributed by atoms with Crippen LogP contribution in [0.1, 0.15) is 19.4 Å². The van der Waals surface area contributed by atoms with Crippen molar-refractivity contribution in [1.82, 2.24) is 25.5 Å². The highest BCUT2D eigenvalue weighted by molar-refractivity contribution is 8.00. The van der Waals surface area contributed by atoms with Crippen LogP contribution in [-0.4, -0.2) is 37.9 Å². The van der Waals surface area contributed by atoms with Crippen molar-refractivity contribution in [1.29, 1.82) is 0 Å². The molecule has 1 heterocycles. The Labute approximate surface area is 121 Å². The predicted octanol–water partition coefficient (Wildman–Crippen LogP) is 1.59. The molecule has 2 rings (SSSR count). The molecule has 0 aliphatic rings. The van der Waals surface area contributed by atoms with Crippen molar-refractivity contribution in [2.45, 2.75) is 31.2 Å². The molecule has 0 aliphatic carbocycles. The lowest BCUT2D eigenvalue weighted by Gasteiger charge is -2.11. The van der Waals surface area contributed by atoms with Crippen LogP contribution < -0.4 is 5.32 Å². The van der Waals surface area contributed by atoms with Crippen molar-refractivity contribution in [2.24, 2.45) is 0 Å². The van der Waals surface area contributed by atoms with Gasteiger partial charge in [-0.25, -0.2) is 0 Å². The minimum atomic E-state index is -0.247. The van der Waals surface area contributed by atoms with E-state index in [4.69, 9.17) is 0 Å². The number of rotatable bonds is 5. The molecule has 20 heavy (non-hydrogen) atoms. The number of benzene rings is 1. The number of amides is 1. The third kappa shape index (κ3) is 3.16. The van der Waals surface area contributed by atoms with Crippen LogP contribution in [0.2, 0.25) is 0 Å². The number of carbonyl (C=O) groups excluding carboxylic acids is 1. The summed E-state index contributed by atoms with van der Waals surface area (Å²) in [4.78, 5) is 11.8. The van der Waals surface area contributed by atoms with Crippen molar-refractivity contribution in [3.05, 3.63) is 29.8 Å². The van der Waals surface area contributed by atoms with E-state index < -0.39 is 0 Å². The molecule has 0 bridgehead atoms. The maximum absolute atomic E-state index is 11.8. The number of hydrogen-bond acceptors (Lipinski definition) is 5. The second kappa shape index (κ2) is 6.51. The van der Waals surface area contributed by atoms with Gasteiger partial charge in [0.05, 0.1) is 10.9 Å². The van der Waals surface area contributed by atoms with Crippen molar-refractivity contribution in [3.8, 4) is 5.69 Å². The van der Waals surface area contributed by atoms with Gasteiger partial charge in [0.15, 0.2) is 0 Å². The Balaban J connectivity index is 2.22. The van der Waals surface area contributed by atoms with Gasteiger partial charge < -0.3 is 5.32 Å². The minimum absolute atomic E-state index is 0.0168. The molecule has 1 aromatic heterocycles. The molecule has 7 heteroatoms. The number of nitrogens with one attached hydrogen (secondary N) is 1. The average molecular weight is 291 g/mol. The number of para-hydroxylation sites is 1. The number of hydrogen-bond donors (Lipinski definition) is 1. The van der Waals surface area contributed by atoms with Crippen LogP contribution in [-0.2, 0) is 4.79 Å². The number of nitrogens with zero attached hydrogens (tertiary/aromatic N) is 4. The first-order valence-corrected chi connectivity index (χ1v) is 7.30. The van der Waals surface area contributed by atoms with Gasteiger partial charge in [-0.15, -0.1) is 5.10 Å². The van der Waals surface area contributed by atoms with Crippen LogP contribution in [0.15, 0.2) is 29.4 Å². The van der Waals surface area contributed by atoms with Crippen molar-refractivity contribution in [2.75, 3.05) is 6.54 Å². The number of tetrazole rings is 1. The summed E-state index contributed by atoms with van der Waals surface area (Å²) in [5, 5.41) is 14.9. The van der Waals surface area contributed by atoms with Gasteiger partial charge >= 0.3 is 0 Å². The van der Waals surface area contributed by atoms with Crippen LogP contribution in [0, 0.1) is 6.92 Å². The zero-order valence-corrected chi connectivity index (χ0v) is 12.5. The maximum Gasteiger partial charge on any atom is 0.233 e. The van der Waals surface area contributed by atoms with E-state index in [-0.39, 0.29) is 11.2 Å². The smallest absolute Gasteiger partial charge is 0.233 e. The first-order chi connectivity index (χ1) is 9.63. The fourth-order valence-electron chi connectivity index (χ4n) is 1.73. The Kier molecular flexibility index (Phi) is 4.73. The Bertz CT molecular complexity index is 598. The highest BCUT2D eigenvalue weighted by atomic mass is 32.2. The monoisotopic (exact) mass is 291 g/mol. The molecule has 0 radical (unpaired) electrons. The molecule has 0 spiro atoms. The standard InChI is InChI=1S/C13H17N5OS/c1-4-14-12(19)10(3)20-13-15-16-17-18(13)11-8-6-5-7-9(11)2/h5-8,10H,4H2,1-3H3,(H,14,19)/t10-/m1/s1. The number of aryl methyl sites for hydroxylation is 1. The second-order valence-corrected chi connectivity index (χ2v) is 5.62. The van der Waals surface area contributed by atoms with Gasteiger partial charge in [-0.2, -0.15) is 4.68 Å². The molecule has 0 unspecified atom stereocenters. The molecule has 106 valence electrons. The quantitative estimate of drug-likeness (QED) is 0.847. The molecule has 2 aromatic rings. The lowest BCUT2D eigenvalue weighted by atomic mass is 10.2. The SMILES string of the molecule is CCNC(=O)[C@@H](C)Sc1nnnn1-c1ccccc1C. The highest BCUT2D eigenvalue weighted by Gasteiger charge is 2.19. The van der Waals surface area contributed by atoms with Gasteiger partial charge in [0, 0.05) is 6.54 Å². The Hall–Kier alpha value is -1.89. The Morgan fingerprint density at radius 3 is 2.90 bits per heavy atom. The van der Waals surface area contributed by atoms with E-state index in [0.717, 1.165) is 11.3 Å². The minimum Gasteiger partial charge on any atom is -0.355 e. The lowest BCUT2D eigenvalue weighted by molar-refractivity contribution is -0.120. The molecule has 0 saturated heterocycles. The summed E-state index contributed by atoms with van der Waals surface area (Å²) in [5.74, 6) is -0.0168. The van der Waals surface area contributed by atoms with E-state index >= 15 is 0 Å². The van der Waals surface area contributed by atoms with E-state index in [9.17, 15) is 4.79 Å². The highest BCUT2D eigenvalue weighted by Crippen LogP contribution is 2.24. The van der Waals surface area contributed by atoms with Crippen LogP contribution in [0.4, 0.5) is 0 Å². The summed E-state index contributed by atoms with van der Waals surface area (Å²) < 4.78 is 1.66. The van der Waals surface area contributed by atoms with Gasteiger partial charge in [-0.1, -0.05) is 30.0 Å². The van der Waals surface area contributed by atoms with E-state index in [2.05, 4.69) is 20.8 Å². The fraction of sp³-hybridized carbons (Fsp3) is 0.385. The molecule has 1 aromatic carbocycles. The predicted molar refractivity (Wildman–Crippen MR) is 77.9 cm³/mol. The first kappa shape index (κ1) is 14.5. The van der Waals surface area contributed by atoms with E-state index in [1.165, 1.54) is 11.8 Å². The van der Waals surface area contributed by atoms with Crippen LogP contribution in [0.3, 0.4) is 0 Å². The van der Waals surface area contributed by atoms with Gasteiger partial charge in [0.25, 0.3) is 0 Å². The molecule has 0 saturated carbocycles. The summed E-state index contributed by atoms with van der Waals surface area (Å²) in [5.41, 5.74) is 2.00. The zero-order valence-electron chi connectivity index (χ0n) is 11.7. The molecule has 1 atom stereocenters. The molecule has 1 amide bonds. The number of thioether (sulfide) groups is 1. The first-order valence-electron chi connectivity index (χ1n) is 6.42. The topological polar surface area (TPSA) is 72.7 Å². The summed E-state index contributed by atoms with van der Waals surface area (Å²) in [6.45, 7) is 6.35. The zero-order chi connectivity index (χ0) is 14.5. The van der Waals surface area contributed by atoms with E-state index in [1.54, 1.807) is 4.68 Å². The van der Waals surface area contributed by atoms with Gasteiger partial charge in [0.1, 0.15) is 0 Å². The second-order valence-electron chi connectivity index (χ2n) is 4.31. The molecule has 0 aliphatic heterocycles. The number of carbonyl (C=O) groups is 1. The van der Waals surface area contributed by atoms with Gasteiger partial charge in [0.2, 0.25) is 11.1 Å². The molecular formula is C13H17N5OS. The van der Waals surface area contributed by atoms with E-state index in [1.807, 2.05) is 45.0 Å². The van der Waals surface area contributed by atoms with Crippen molar-refractivity contribution in [3.63, 3.8) is 0 Å². The van der Waals surface area contributed by atoms with Crippen LogP contribution in [0.25, 0.3) is 5.69 Å². The lowest BCUT2D eigenvalue weighted by Crippen LogP contribution is -2.30. The van der Waals surface area contributed by atoms with Crippen LogP contribution >= 0.6 is 11.8 Å². The molecule has 1 N–H and O–H groups in total. The Morgan fingerprint density at radius 1 is 1.45 bits per heavy atom. The maximum atomic E-state index is 11.8. The number of aromatic nitrogens is 4. The average Bonchev–Trinajstić information content (AvgIpc) is 2.87. The van der Waals surface area contributed by atoms with Crippen molar-refractivity contribution < 1.29 is 4.79 Å². The third-order valence-electron chi connectivity index (χ3n) is 2.79. The Morgan fingerprint density at radius 2 is 2.20 bits per heavy atom. The summed E-state index contributed by atoms with van der Waals surface area (Å²) in [7, 11) is 0. The third-order valence-corrected chi connectivity index (χ3v) is 3.82. The van der Waals surface area contributed by atoms with Crippen LogP contribution in [0.5, 0.6) is 0 Å². The summed E-state index contributed by atoms with van der Waals surface area (Å²) >= 11 is 1.34. The van der Waals surface area contributed by atoms with Crippen molar-refractivity contribution >= 4 is 17.7 Å². The molecule has 0 fully saturated rings.